The topological polar surface area (TPSA) is 89.6 Å². The molecule has 11 heteroatoms. The maximum Gasteiger partial charge on any atom is 0.421 e. The Morgan fingerprint density at radius 2 is 1.94 bits per heavy atom. The summed E-state index contributed by atoms with van der Waals surface area (Å²) in [4.78, 5) is 27.8. The van der Waals surface area contributed by atoms with Crippen molar-refractivity contribution in [1.29, 1.82) is 0 Å². The number of benzene rings is 1. The molecule has 2 N–H and O–H groups in total. The van der Waals surface area contributed by atoms with E-state index in [0.717, 1.165) is 6.20 Å². The highest BCUT2D eigenvalue weighted by Gasteiger charge is 2.36. The smallest absolute Gasteiger partial charge is 0.421 e. The van der Waals surface area contributed by atoms with Crippen LogP contribution in [0, 0.1) is 5.82 Å². The van der Waals surface area contributed by atoms with Crippen molar-refractivity contribution in [1.82, 2.24) is 4.98 Å². The molecule has 1 aliphatic rings. The molecule has 0 aliphatic heterocycles. The molecular formula is C24H23F4N3O4. The number of anilines is 2. The minimum Gasteiger partial charge on any atom is -0.490 e. The minimum absolute atomic E-state index is 0.111. The number of ketones is 1. The summed E-state index contributed by atoms with van der Waals surface area (Å²) in [5.41, 5.74) is -0.571. The summed E-state index contributed by atoms with van der Waals surface area (Å²) in [6, 6.07) is 3.71. The number of urea groups is 1. The number of carbonyl (C=O) groups excluding carboxylic acids is 2. The second-order valence-corrected chi connectivity index (χ2v) is 7.74. The van der Waals surface area contributed by atoms with Crippen molar-refractivity contribution < 1.29 is 36.6 Å². The Bertz CT molecular complexity index is 1190. The number of alkyl halides is 3. The Hall–Kier alpha value is -3.89. The molecule has 1 aromatic carbocycles. The zero-order valence-corrected chi connectivity index (χ0v) is 19.1. The summed E-state index contributed by atoms with van der Waals surface area (Å²) in [7, 11) is 0. The molecule has 0 saturated carbocycles. The Morgan fingerprint density at radius 1 is 1.20 bits per heavy atom. The predicted octanol–water partition coefficient (Wildman–Crippen LogP) is 5.95. The van der Waals surface area contributed by atoms with Crippen LogP contribution in [0.25, 0.3) is 5.57 Å². The van der Waals surface area contributed by atoms with Crippen LogP contribution in [0.15, 0.2) is 48.4 Å². The molecular weight excluding hydrogens is 470 g/mol. The van der Waals surface area contributed by atoms with Crippen molar-refractivity contribution >= 4 is 28.8 Å². The van der Waals surface area contributed by atoms with E-state index in [1.54, 1.807) is 26.8 Å². The Balaban J connectivity index is 1.74. The van der Waals surface area contributed by atoms with Crippen molar-refractivity contribution in [2.75, 3.05) is 17.2 Å². The summed E-state index contributed by atoms with van der Waals surface area (Å²) in [6.45, 7) is 5.16. The van der Waals surface area contributed by atoms with Crippen LogP contribution in [-0.2, 0) is 15.7 Å². The van der Waals surface area contributed by atoms with Gasteiger partial charge in [-0.05, 0) is 56.2 Å². The lowest BCUT2D eigenvalue weighted by molar-refractivity contribution is -0.139. The lowest BCUT2D eigenvalue weighted by atomic mass is 9.97. The number of carbonyl (C=O) groups is 2. The average molecular weight is 493 g/mol. The largest absolute Gasteiger partial charge is 0.490 e. The molecule has 0 radical (unpaired) electrons. The van der Waals surface area contributed by atoms with Gasteiger partial charge in [-0.2, -0.15) is 13.2 Å². The minimum atomic E-state index is -4.76. The van der Waals surface area contributed by atoms with Gasteiger partial charge in [0, 0.05) is 6.42 Å². The Kier molecular flexibility index (Phi) is 7.78. The highest BCUT2D eigenvalue weighted by atomic mass is 19.4. The zero-order chi connectivity index (χ0) is 25.8. The van der Waals surface area contributed by atoms with E-state index < -0.39 is 35.6 Å². The summed E-state index contributed by atoms with van der Waals surface area (Å²) < 4.78 is 65.1. The Morgan fingerprint density at radius 3 is 2.57 bits per heavy atom. The average Bonchev–Trinajstić information content (AvgIpc) is 2.77. The SMILES string of the molecule is CCOC1=CC(c2ccc(NC(=O)Nc3cnc(OC(C)C)c(C(F)(F)F)c3)c(F)c2)=CCC1=O. The summed E-state index contributed by atoms with van der Waals surface area (Å²) in [5.74, 6) is -1.39. The van der Waals surface area contributed by atoms with Crippen LogP contribution in [0.1, 0.15) is 38.3 Å². The quantitative estimate of drug-likeness (QED) is 0.466. The molecule has 1 aliphatic carbocycles. The molecule has 0 atom stereocenters. The van der Waals surface area contributed by atoms with Gasteiger partial charge < -0.3 is 20.1 Å². The third kappa shape index (κ3) is 6.58. The maximum absolute atomic E-state index is 14.7. The van der Waals surface area contributed by atoms with Gasteiger partial charge in [0.1, 0.15) is 11.4 Å². The molecule has 0 saturated heterocycles. The molecule has 1 heterocycles. The van der Waals surface area contributed by atoms with Crippen molar-refractivity contribution in [3.8, 4) is 5.88 Å². The molecule has 2 amide bonds. The number of rotatable bonds is 7. The fourth-order valence-corrected chi connectivity index (χ4v) is 3.18. The van der Waals surface area contributed by atoms with E-state index in [1.807, 2.05) is 0 Å². The third-order valence-electron chi connectivity index (χ3n) is 4.68. The first kappa shape index (κ1) is 25.7. The summed E-state index contributed by atoms with van der Waals surface area (Å²) >= 11 is 0. The van der Waals surface area contributed by atoms with Crippen LogP contribution in [0.3, 0.4) is 0 Å². The number of hydrogen-bond donors (Lipinski definition) is 2. The lowest BCUT2D eigenvalue weighted by Gasteiger charge is -2.16. The standard InChI is InChI=1S/C24H23F4N3O4/c1-4-34-21-10-15(6-8-20(21)32)14-5-7-19(18(25)9-14)31-23(33)30-16-11-17(24(26,27)28)22(29-12-16)35-13(2)3/h5-7,9-13H,4,8H2,1-3H3,(H2,30,31,33). The molecule has 7 nitrogen and oxygen atoms in total. The van der Waals surface area contributed by atoms with Gasteiger partial charge >= 0.3 is 12.2 Å². The highest BCUT2D eigenvalue weighted by molar-refractivity contribution is 6.02. The van der Waals surface area contributed by atoms with Crippen LogP contribution in [0.5, 0.6) is 5.88 Å². The third-order valence-corrected chi connectivity index (χ3v) is 4.68. The fraction of sp³-hybridized carbons (Fsp3) is 0.292. The van der Waals surface area contributed by atoms with Crippen LogP contribution in [0.4, 0.5) is 33.7 Å². The van der Waals surface area contributed by atoms with Crippen molar-refractivity contribution in [3.05, 3.63) is 65.3 Å². The Labute approximate surface area is 198 Å². The summed E-state index contributed by atoms with van der Waals surface area (Å²) in [6.07, 6.45) is -1.03. The van der Waals surface area contributed by atoms with E-state index in [9.17, 15) is 27.2 Å². The van der Waals surface area contributed by atoms with Gasteiger partial charge in [0.2, 0.25) is 11.7 Å². The van der Waals surface area contributed by atoms with Gasteiger partial charge in [-0.1, -0.05) is 12.1 Å². The first-order valence-electron chi connectivity index (χ1n) is 10.7. The second-order valence-electron chi connectivity index (χ2n) is 7.74. The van der Waals surface area contributed by atoms with E-state index in [1.165, 1.54) is 24.3 Å². The van der Waals surface area contributed by atoms with Gasteiger partial charge in [0.15, 0.2) is 5.76 Å². The number of nitrogens with zero attached hydrogens (tertiary/aromatic N) is 1. The number of allylic oxidation sites excluding steroid dienone is 4. The normalized spacial score (nSPS) is 13.8. The van der Waals surface area contributed by atoms with Crippen molar-refractivity contribution in [2.45, 2.75) is 39.5 Å². The molecule has 186 valence electrons. The van der Waals surface area contributed by atoms with Crippen molar-refractivity contribution in [3.63, 3.8) is 0 Å². The van der Waals surface area contributed by atoms with E-state index in [4.69, 9.17) is 9.47 Å². The molecule has 0 fully saturated rings. The van der Waals surface area contributed by atoms with Gasteiger partial charge in [0.25, 0.3) is 0 Å². The zero-order valence-electron chi connectivity index (χ0n) is 19.1. The first-order chi connectivity index (χ1) is 16.5. The van der Waals surface area contributed by atoms with Crippen molar-refractivity contribution in [2.24, 2.45) is 0 Å². The lowest BCUT2D eigenvalue weighted by Crippen LogP contribution is -2.21. The molecule has 0 bridgehead atoms. The number of hydrogen-bond acceptors (Lipinski definition) is 5. The van der Waals surface area contributed by atoms with E-state index in [-0.39, 0.29) is 29.3 Å². The molecule has 0 spiro atoms. The van der Waals surface area contributed by atoms with E-state index in [0.29, 0.717) is 23.8 Å². The molecule has 2 aromatic rings. The summed E-state index contributed by atoms with van der Waals surface area (Å²) in [5, 5.41) is 4.45. The van der Waals surface area contributed by atoms with Crippen LogP contribution >= 0.6 is 0 Å². The van der Waals surface area contributed by atoms with Gasteiger partial charge in [-0.3, -0.25) is 4.79 Å². The predicted molar refractivity (Wildman–Crippen MR) is 121 cm³/mol. The van der Waals surface area contributed by atoms with E-state index in [2.05, 4.69) is 15.6 Å². The van der Waals surface area contributed by atoms with Crippen LogP contribution in [0.2, 0.25) is 0 Å². The van der Waals surface area contributed by atoms with E-state index >= 15 is 0 Å². The molecule has 35 heavy (non-hydrogen) atoms. The number of aromatic nitrogens is 1. The number of Topliss-reactive ketones (excluding diaryl/α,β-unsaturated/α-hetero) is 1. The number of nitrogens with one attached hydrogen (secondary N) is 2. The maximum atomic E-state index is 14.7. The number of amides is 2. The van der Waals surface area contributed by atoms with Crippen LogP contribution < -0.4 is 15.4 Å². The molecule has 1 aromatic heterocycles. The van der Waals surface area contributed by atoms with Gasteiger partial charge in [-0.15, -0.1) is 0 Å². The second kappa shape index (κ2) is 10.6. The monoisotopic (exact) mass is 493 g/mol. The highest BCUT2D eigenvalue weighted by Crippen LogP contribution is 2.37. The first-order valence-corrected chi connectivity index (χ1v) is 10.7. The molecule has 0 unspecified atom stereocenters. The van der Waals surface area contributed by atoms with Gasteiger partial charge in [-0.25, -0.2) is 14.2 Å². The van der Waals surface area contributed by atoms with Crippen LogP contribution in [-0.4, -0.2) is 29.5 Å². The fourth-order valence-electron chi connectivity index (χ4n) is 3.18. The number of halogens is 4. The molecule has 3 rings (SSSR count). The number of pyridine rings is 1. The number of ether oxygens (including phenoxy) is 2. The van der Waals surface area contributed by atoms with Gasteiger partial charge in [0.05, 0.1) is 30.3 Å².